The van der Waals surface area contributed by atoms with E-state index in [0.717, 1.165) is 0 Å². The molecule has 0 radical (unpaired) electrons. The van der Waals surface area contributed by atoms with Gasteiger partial charge in [0, 0.05) is 6.04 Å². The van der Waals surface area contributed by atoms with Crippen LogP contribution in [0.4, 0.5) is 0 Å². The summed E-state index contributed by atoms with van der Waals surface area (Å²) in [4.78, 5) is 0. The van der Waals surface area contributed by atoms with Crippen molar-refractivity contribution in [2.45, 2.75) is 72.8 Å². The molecule has 1 aromatic carbocycles. The summed E-state index contributed by atoms with van der Waals surface area (Å²) < 4.78 is 0. The van der Waals surface area contributed by atoms with Gasteiger partial charge in [0.15, 0.2) is 0 Å². The van der Waals surface area contributed by atoms with E-state index in [4.69, 9.17) is 0 Å². The summed E-state index contributed by atoms with van der Waals surface area (Å²) >= 11 is 0. The van der Waals surface area contributed by atoms with Gasteiger partial charge >= 0.3 is 0 Å². The maximum Gasteiger partial charge on any atom is 0.00103 e. The Morgan fingerprint density at radius 2 is 1.47 bits per heavy atom. The molecule has 1 nitrogen and oxygen atoms in total. The Morgan fingerprint density at radius 3 is 2.05 bits per heavy atom. The molecule has 0 bridgehead atoms. The van der Waals surface area contributed by atoms with E-state index >= 15 is 0 Å². The van der Waals surface area contributed by atoms with Crippen LogP contribution in [0.2, 0.25) is 0 Å². The average molecular weight is 261 g/mol. The van der Waals surface area contributed by atoms with Crippen molar-refractivity contribution in [2.24, 2.45) is 0 Å². The number of hydrogen-bond donors (Lipinski definition) is 1. The third-order valence-corrected chi connectivity index (χ3v) is 3.75. The summed E-state index contributed by atoms with van der Waals surface area (Å²) in [5, 5.41) is 3.48. The number of rotatable bonds is 8. The molecule has 0 aliphatic heterocycles. The number of unbranched alkanes of at least 4 members (excludes halogenated alkanes) is 3. The Kier molecular flexibility index (Phi) is 7.15. The van der Waals surface area contributed by atoms with Gasteiger partial charge in [0.05, 0.1) is 0 Å². The molecule has 0 aliphatic rings. The van der Waals surface area contributed by atoms with E-state index in [0.29, 0.717) is 6.04 Å². The van der Waals surface area contributed by atoms with Gasteiger partial charge in [0.1, 0.15) is 0 Å². The Balaban J connectivity index is 2.23. The molecule has 0 saturated heterocycles. The SMILES string of the molecule is Cc1cc(C)c(CCCCCCNC(C)C)c(C)c1. The van der Waals surface area contributed by atoms with E-state index in [-0.39, 0.29) is 0 Å². The molecule has 0 aromatic heterocycles. The topological polar surface area (TPSA) is 12.0 Å². The highest BCUT2D eigenvalue weighted by Gasteiger charge is 2.03. The van der Waals surface area contributed by atoms with Gasteiger partial charge in [-0.2, -0.15) is 0 Å². The average Bonchev–Trinajstić information content (AvgIpc) is 2.30. The molecular weight excluding hydrogens is 230 g/mol. The van der Waals surface area contributed by atoms with Crippen LogP contribution < -0.4 is 5.32 Å². The van der Waals surface area contributed by atoms with Gasteiger partial charge in [-0.25, -0.2) is 0 Å². The lowest BCUT2D eigenvalue weighted by Gasteiger charge is -2.11. The zero-order chi connectivity index (χ0) is 14.3. The van der Waals surface area contributed by atoms with E-state index < -0.39 is 0 Å². The molecule has 0 heterocycles. The number of hydrogen-bond acceptors (Lipinski definition) is 1. The molecule has 0 unspecified atom stereocenters. The molecule has 0 amide bonds. The van der Waals surface area contributed by atoms with Gasteiger partial charge in [-0.15, -0.1) is 0 Å². The molecule has 108 valence electrons. The molecule has 1 heteroatoms. The van der Waals surface area contributed by atoms with Gasteiger partial charge in [0.25, 0.3) is 0 Å². The minimum Gasteiger partial charge on any atom is -0.315 e. The summed E-state index contributed by atoms with van der Waals surface area (Å²) in [5.41, 5.74) is 5.90. The summed E-state index contributed by atoms with van der Waals surface area (Å²) in [7, 11) is 0. The quantitative estimate of drug-likeness (QED) is 0.668. The van der Waals surface area contributed by atoms with Crippen molar-refractivity contribution < 1.29 is 0 Å². The zero-order valence-electron chi connectivity index (χ0n) is 13.5. The van der Waals surface area contributed by atoms with Crippen LogP contribution in [-0.2, 0) is 6.42 Å². The predicted octanol–water partition coefficient (Wildman–Crippen LogP) is 4.71. The molecule has 0 spiro atoms. The number of nitrogens with one attached hydrogen (secondary N) is 1. The van der Waals surface area contributed by atoms with Crippen molar-refractivity contribution in [3.05, 3.63) is 34.4 Å². The third-order valence-electron chi connectivity index (χ3n) is 3.75. The smallest absolute Gasteiger partial charge is 0.00103 e. The molecule has 0 saturated carbocycles. The fourth-order valence-electron chi connectivity index (χ4n) is 2.78. The van der Waals surface area contributed by atoms with Crippen LogP contribution in [0, 0.1) is 20.8 Å². The minimum atomic E-state index is 0.623. The predicted molar refractivity (Wildman–Crippen MR) is 86.0 cm³/mol. The maximum atomic E-state index is 3.48. The van der Waals surface area contributed by atoms with Crippen LogP contribution >= 0.6 is 0 Å². The monoisotopic (exact) mass is 261 g/mol. The standard InChI is InChI=1S/C18H31N/c1-14(2)19-11-9-7-6-8-10-18-16(4)12-15(3)13-17(18)5/h12-14,19H,6-11H2,1-5H3. The van der Waals surface area contributed by atoms with Crippen LogP contribution in [0.5, 0.6) is 0 Å². The first-order valence-electron chi connectivity index (χ1n) is 7.81. The second-order valence-electron chi connectivity index (χ2n) is 6.15. The van der Waals surface area contributed by atoms with Crippen LogP contribution in [0.25, 0.3) is 0 Å². The highest BCUT2D eigenvalue weighted by atomic mass is 14.9. The lowest BCUT2D eigenvalue weighted by atomic mass is 9.95. The van der Waals surface area contributed by atoms with Crippen molar-refractivity contribution in [1.29, 1.82) is 0 Å². The fraction of sp³-hybridized carbons (Fsp3) is 0.667. The highest BCUT2D eigenvalue weighted by Crippen LogP contribution is 2.19. The van der Waals surface area contributed by atoms with Gasteiger partial charge in [0.2, 0.25) is 0 Å². The lowest BCUT2D eigenvalue weighted by Crippen LogP contribution is -2.23. The van der Waals surface area contributed by atoms with Crippen molar-refractivity contribution in [3.8, 4) is 0 Å². The van der Waals surface area contributed by atoms with Crippen LogP contribution in [0.1, 0.15) is 61.8 Å². The Morgan fingerprint density at radius 1 is 0.895 bits per heavy atom. The van der Waals surface area contributed by atoms with E-state index in [1.807, 2.05) is 0 Å². The minimum absolute atomic E-state index is 0.623. The van der Waals surface area contributed by atoms with Crippen LogP contribution in [-0.4, -0.2) is 12.6 Å². The Hall–Kier alpha value is -0.820. The maximum absolute atomic E-state index is 3.48. The van der Waals surface area contributed by atoms with E-state index in [9.17, 15) is 0 Å². The fourth-order valence-corrected chi connectivity index (χ4v) is 2.78. The molecule has 19 heavy (non-hydrogen) atoms. The lowest BCUT2D eigenvalue weighted by molar-refractivity contribution is 0.541. The van der Waals surface area contributed by atoms with Crippen molar-refractivity contribution in [1.82, 2.24) is 5.32 Å². The molecule has 0 fully saturated rings. The Bertz CT molecular complexity index is 356. The summed E-state index contributed by atoms with van der Waals surface area (Å²) in [6.07, 6.45) is 6.59. The number of aryl methyl sites for hydroxylation is 3. The van der Waals surface area contributed by atoms with Crippen LogP contribution in [0.3, 0.4) is 0 Å². The van der Waals surface area contributed by atoms with E-state index in [1.54, 1.807) is 5.56 Å². The van der Waals surface area contributed by atoms with E-state index in [2.05, 4.69) is 52.1 Å². The first kappa shape index (κ1) is 16.2. The van der Waals surface area contributed by atoms with Crippen molar-refractivity contribution >= 4 is 0 Å². The molecular formula is C18H31N. The Labute approximate surface area is 119 Å². The molecule has 1 rings (SSSR count). The molecule has 0 atom stereocenters. The third kappa shape index (κ3) is 6.24. The van der Waals surface area contributed by atoms with Crippen LogP contribution in [0.15, 0.2) is 12.1 Å². The second-order valence-corrected chi connectivity index (χ2v) is 6.15. The van der Waals surface area contributed by atoms with Gasteiger partial charge in [-0.05, 0) is 63.3 Å². The number of benzene rings is 1. The van der Waals surface area contributed by atoms with Gasteiger partial charge < -0.3 is 5.32 Å². The van der Waals surface area contributed by atoms with Gasteiger partial charge in [-0.1, -0.05) is 44.4 Å². The summed E-state index contributed by atoms with van der Waals surface area (Å²) in [6.45, 7) is 12.3. The van der Waals surface area contributed by atoms with Gasteiger partial charge in [-0.3, -0.25) is 0 Å². The summed E-state index contributed by atoms with van der Waals surface area (Å²) in [6, 6.07) is 5.25. The zero-order valence-corrected chi connectivity index (χ0v) is 13.5. The first-order valence-corrected chi connectivity index (χ1v) is 7.81. The summed E-state index contributed by atoms with van der Waals surface area (Å²) in [5.74, 6) is 0. The normalized spacial score (nSPS) is 11.3. The molecule has 0 aliphatic carbocycles. The largest absolute Gasteiger partial charge is 0.315 e. The first-order chi connectivity index (χ1) is 9.00. The molecule has 1 N–H and O–H groups in total. The molecule has 1 aromatic rings. The van der Waals surface area contributed by atoms with Crippen molar-refractivity contribution in [3.63, 3.8) is 0 Å². The highest BCUT2D eigenvalue weighted by molar-refractivity contribution is 5.37. The second kappa shape index (κ2) is 8.37. The van der Waals surface area contributed by atoms with E-state index in [1.165, 1.54) is 55.3 Å². The van der Waals surface area contributed by atoms with Crippen molar-refractivity contribution in [2.75, 3.05) is 6.54 Å².